The number of carbonyl (C=O) groups excluding carboxylic acids is 1. The van der Waals surface area contributed by atoms with E-state index in [-0.39, 0.29) is 17.2 Å². The Labute approximate surface area is 174 Å². The van der Waals surface area contributed by atoms with Crippen molar-refractivity contribution in [2.75, 3.05) is 20.0 Å². The lowest BCUT2D eigenvalue weighted by Crippen LogP contribution is -2.19. The zero-order valence-electron chi connectivity index (χ0n) is 16.7. The van der Waals surface area contributed by atoms with Crippen LogP contribution in [-0.4, -0.2) is 38.9 Å². The van der Waals surface area contributed by atoms with Crippen LogP contribution in [0.5, 0.6) is 0 Å². The van der Waals surface area contributed by atoms with Gasteiger partial charge in [-0.05, 0) is 35.7 Å². The molecule has 0 atom stereocenters. The lowest BCUT2D eigenvalue weighted by atomic mass is 10.1. The van der Waals surface area contributed by atoms with Crippen molar-refractivity contribution in [2.45, 2.75) is 31.2 Å². The third-order valence-corrected chi connectivity index (χ3v) is 6.76. The number of rotatable bonds is 7. The number of fused-ring (bicyclic) bond motifs is 1. The van der Waals surface area contributed by atoms with Crippen LogP contribution in [0.3, 0.4) is 0 Å². The largest absolute Gasteiger partial charge is 0.383 e. The van der Waals surface area contributed by atoms with E-state index < -0.39 is 9.84 Å². The van der Waals surface area contributed by atoms with E-state index in [1.807, 2.05) is 28.8 Å². The molecule has 0 aliphatic rings. The smallest absolute Gasteiger partial charge is 0.252 e. The molecule has 0 aliphatic heterocycles. The van der Waals surface area contributed by atoms with E-state index >= 15 is 0 Å². The molecule has 0 saturated carbocycles. The van der Waals surface area contributed by atoms with Crippen LogP contribution in [-0.2, 0) is 38.8 Å². The number of sulfone groups is 1. The summed E-state index contributed by atoms with van der Waals surface area (Å²) in [5.41, 5.74) is 2.97. The zero-order chi connectivity index (χ0) is 21.0. The highest BCUT2D eigenvalue weighted by molar-refractivity contribution is 7.90. The lowest BCUT2D eigenvalue weighted by Gasteiger charge is -2.05. The van der Waals surface area contributed by atoms with Crippen LogP contribution in [0.25, 0.3) is 10.2 Å². The summed E-state index contributed by atoms with van der Waals surface area (Å²) in [7, 11) is -1.70. The molecule has 6 nitrogen and oxygen atoms in total. The highest BCUT2D eigenvalue weighted by Crippen LogP contribution is 2.22. The van der Waals surface area contributed by atoms with Crippen LogP contribution in [0.2, 0.25) is 0 Å². The zero-order valence-corrected chi connectivity index (χ0v) is 18.3. The molecule has 2 aromatic carbocycles. The van der Waals surface area contributed by atoms with Gasteiger partial charge in [0.25, 0.3) is 5.91 Å². The van der Waals surface area contributed by atoms with E-state index in [0.29, 0.717) is 18.0 Å². The van der Waals surface area contributed by atoms with E-state index in [2.05, 4.69) is 11.9 Å². The van der Waals surface area contributed by atoms with Gasteiger partial charge in [-0.25, -0.2) is 8.42 Å². The SMILES string of the molecule is CCc1ccc(CC(=O)N=c2sc3cc(S(C)(=O)=O)ccc3n2CCOC)cc1. The van der Waals surface area contributed by atoms with Crippen molar-refractivity contribution in [1.29, 1.82) is 0 Å². The van der Waals surface area contributed by atoms with Gasteiger partial charge in [-0.3, -0.25) is 4.79 Å². The molecule has 3 rings (SSSR count). The second-order valence-corrected chi connectivity index (χ2v) is 9.81. The standard InChI is InChI=1S/C21H24N2O4S2/c1-4-15-5-7-16(8-6-15)13-20(24)22-21-23(11-12-27-2)18-10-9-17(29(3,25)26)14-19(18)28-21/h5-10,14H,4,11-13H2,1-3H3. The molecule has 3 aromatic rings. The van der Waals surface area contributed by atoms with Crippen LogP contribution in [0.4, 0.5) is 0 Å². The minimum atomic E-state index is -3.31. The van der Waals surface area contributed by atoms with E-state index in [1.54, 1.807) is 25.3 Å². The van der Waals surface area contributed by atoms with E-state index in [9.17, 15) is 13.2 Å². The number of benzene rings is 2. The molecular formula is C21H24N2O4S2. The van der Waals surface area contributed by atoms with Gasteiger partial charge in [0.15, 0.2) is 14.6 Å². The Balaban J connectivity index is 1.99. The number of carbonyl (C=O) groups is 1. The Hall–Kier alpha value is -2.29. The van der Waals surface area contributed by atoms with Crippen molar-refractivity contribution in [3.63, 3.8) is 0 Å². The Kier molecular flexibility index (Phi) is 6.66. The van der Waals surface area contributed by atoms with Gasteiger partial charge in [-0.15, -0.1) is 0 Å². The summed E-state index contributed by atoms with van der Waals surface area (Å²) in [6.07, 6.45) is 2.35. The maximum Gasteiger partial charge on any atom is 0.252 e. The number of hydrogen-bond donors (Lipinski definition) is 0. The summed E-state index contributed by atoms with van der Waals surface area (Å²) in [5.74, 6) is -0.240. The molecule has 1 heterocycles. The van der Waals surface area contributed by atoms with Gasteiger partial charge in [0.2, 0.25) is 0 Å². The maximum atomic E-state index is 12.6. The average molecular weight is 433 g/mol. The maximum absolute atomic E-state index is 12.6. The number of ether oxygens (including phenoxy) is 1. The fourth-order valence-electron chi connectivity index (χ4n) is 2.98. The molecule has 0 saturated heterocycles. The topological polar surface area (TPSA) is 77.7 Å². The second kappa shape index (κ2) is 9.02. The second-order valence-electron chi connectivity index (χ2n) is 6.78. The first-order valence-electron chi connectivity index (χ1n) is 9.29. The van der Waals surface area contributed by atoms with Crippen molar-refractivity contribution in [3.8, 4) is 0 Å². The minimum Gasteiger partial charge on any atom is -0.383 e. The molecule has 8 heteroatoms. The number of nitrogens with zero attached hydrogens (tertiary/aromatic N) is 2. The number of methoxy groups -OCH3 is 1. The molecule has 29 heavy (non-hydrogen) atoms. The lowest BCUT2D eigenvalue weighted by molar-refractivity contribution is -0.117. The van der Waals surface area contributed by atoms with Gasteiger partial charge in [-0.2, -0.15) is 4.99 Å². The first-order chi connectivity index (χ1) is 13.8. The summed E-state index contributed by atoms with van der Waals surface area (Å²) < 4.78 is 31.6. The molecule has 1 aromatic heterocycles. The Morgan fingerprint density at radius 2 is 1.83 bits per heavy atom. The molecule has 0 fully saturated rings. The van der Waals surface area contributed by atoms with Gasteiger partial charge >= 0.3 is 0 Å². The first kappa shape index (κ1) is 21.4. The van der Waals surface area contributed by atoms with Crippen molar-refractivity contribution in [3.05, 3.63) is 58.4 Å². The number of amides is 1. The third-order valence-electron chi connectivity index (χ3n) is 4.61. The normalized spacial score (nSPS) is 12.6. The number of hydrogen-bond acceptors (Lipinski definition) is 5. The van der Waals surface area contributed by atoms with Gasteiger partial charge in [0, 0.05) is 19.9 Å². The van der Waals surface area contributed by atoms with Crippen LogP contribution in [0.1, 0.15) is 18.1 Å². The molecule has 0 bridgehead atoms. The number of thiazole rings is 1. The molecule has 0 radical (unpaired) electrons. The Morgan fingerprint density at radius 1 is 1.14 bits per heavy atom. The van der Waals surface area contributed by atoms with Crippen LogP contribution < -0.4 is 4.80 Å². The number of aryl methyl sites for hydroxylation is 1. The van der Waals surface area contributed by atoms with Crippen molar-refractivity contribution >= 4 is 37.3 Å². The fourth-order valence-corrected chi connectivity index (χ4v) is 4.82. The summed E-state index contributed by atoms with van der Waals surface area (Å²) in [5, 5.41) is 0. The van der Waals surface area contributed by atoms with Gasteiger partial charge in [0.1, 0.15) is 0 Å². The Bertz CT molecular complexity index is 1190. The molecule has 0 spiro atoms. The van der Waals surface area contributed by atoms with E-state index in [0.717, 1.165) is 22.2 Å². The predicted molar refractivity (Wildman–Crippen MR) is 115 cm³/mol. The van der Waals surface area contributed by atoms with E-state index in [1.165, 1.54) is 23.2 Å². The highest BCUT2D eigenvalue weighted by Gasteiger charge is 2.13. The first-order valence-corrected chi connectivity index (χ1v) is 12.0. The van der Waals surface area contributed by atoms with Gasteiger partial charge in [-0.1, -0.05) is 42.5 Å². The van der Waals surface area contributed by atoms with Crippen molar-refractivity contribution in [2.24, 2.45) is 4.99 Å². The summed E-state index contributed by atoms with van der Waals surface area (Å²) in [4.78, 5) is 17.7. The summed E-state index contributed by atoms with van der Waals surface area (Å²) in [6.45, 7) is 3.07. The molecular weight excluding hydrogens is 408 g/mol. The predicted octanol–water partition coefficient (Wildman–Crippen LogP) is 2.99. The van der Waals surface area contributed by atoms with Crippen molar-refractivity contribution < 1.29 is 17.9 Å². The summed E-state index contributed by atoms with van der Waals surface area (Å²) in [6, 6.07) is 12.9. The average Bonchev–Trinajstić information content (AvgIpc) is 3.02. The molecule has 0 unspecified atom stereocenters. The quantitative estimate of drug-likeness (QED) is 0.575. The Morgan fingerprint density at radius 3 is 2.45 bits per heavy atom. The monoisotopic (exact) mass is 432 g/mol. The highest BCUT2D eigenvalue weighted by atomic mass is 32.2. The third kappa shape index (κ3) is 5.20. The van der Waals surface area contributed by atoms with Gasteiger partial charge < -0.3 is 9.30 Å². The molecule has 0 aliphatic carbocycles. The van der Waals surface area contributed by atoms with Gasteiger partial charge in [0.05, 0.1) is 28.1 Å². The molecule has 0 N–H and O–H groups in total. The van der Waals surface area contributed by atoms with Crippen LogP contribution in [0.15, 0.2) is 52.4 Å². The van der Waals surface area contributed by atoms with Crippen LogP contribution in [0, 0.1) is 0 Å². The summed E-state index contributed by atoms with van der Waals surface area (Å²) >= 11 is 1.31. The minimum absolute atomic E-state index is 0.219. The van der Waals surface area contributed by atoms with Crippen LogP contribution >= 0.6 is 11.3 Å². The van der Waals surface area contributed by atoms with Crippen molar-refractivity contribution in [1.82, 2.24) is 4.57 Å². The molecule has 154 valence electrons. The molecule has 1 amide bonds. The fraction of sp³-hybridized carbons (Fsp3) is 0.333. The van der Waals surface area contributed by atoms with E-state index in [4.69, 9.17) is 4.74 Å². The number of aromatic nitrogens is 1.